The van der Waals surface area contributed by atoms with Crippen molar-refractivity contribution in [2.45, 2.75) is 59.0 Å². The molecule has 1 amide bonds. The third-order valence-electron chi connectivity index (χ3n) is 5.25. The van der Waals surface area contributed by atoms with E-state index in [4.69, 9.17) is 14.5 Å². The number of carbonyl (C=O) groups is 1. The largest absolute Gasteiger partial charge is 0.444 e. The van der Waals surface area contributed by atoms with E-state index in [1.807, 2.05) is 45.2 Å². The summed E-state index contributed by atoms with van der Waals surface area (Å²) in [7, 11) is 0. The second kappa shape index (κ2) is 9.31. The van der Waals surface area contributed by atoms with Crippen molar-refractivity contribution in [3.05, 3.63) is 48.5 Å². The molecular weight excluding hydrogens is 418 g/mol. The van der Waals surface area contributed by atoms with Crippen LogP contribution in [0.3, 0.4) is 0 Å². The molecule has 3 aromatic rings. The molecule has 1 saturated heterocycles. The number of ether oxygens (including phenoxy) is 2. The number of hydrogen-bond acceptors (Lipinski definition) is 7. The van der Waals surface area contributed by atoms with Crippen LogP contribution >= 0.6 is 0 Å². The Hall–Kier alpha value is -3.26. The number of anilines is 1. The van der Waals surface area contributed by atoms with Crippen molar-refractivity contribution >= 4 is 22.7 Å². The van der Waals surface area contributed by atoms with E-state index in [2.05, 4.69) is 40.1 Å². The van der Waals surface area contributed by atoms with Crippen molar-refractivity contribution in [2.24, 2.45) is 0 Å². The van der Waals surface area contributed by atoms with Crippen LogP contribution in [0.15, 0.2) is 42.9 Å². The maximum atomic E-state index is 11.9. The highest BCUT2D eigenvalue weighted by Crippen LogP contribution is 2.25. The first-order chi connectivity index (χ1) is 15.7. The van der Waals surface area contributed by atoms with Gasteiger partial charge in [-0.05, 0) is 52.1 Å². The van der Waals surface area contributed by atoms with E-state index in [0.29, 0.717) is 0 Å². The lowest BCUT2D eigenvalue weighted by molar-refractivity contribution is -0.00547. The van der Waals surface area contributed by atoms with Gasteiger partial charge < -0.3 is 19.7 Å². The molecule has 1 aliphatic rings. The van der Waals surface area contributed by atoms with Gasteiger partial charge in [0.25, 0.3) is 0 Å². The number of amides is 1. The number of hydrogen-bond donors (Lipinski definition) is 1. The summed E-state index contributed by atoms with van der Waals surface area (Å²) < 4.78 is 11.1. The molecule has 8 heteroatoms. The smallest absolute Gasteiger partial charge is 0.407 e. The first kappa shape index (κ1) is 22.9. The summed E-state index contributed by atoms with van der Waals surface area (Å²) in [5, 5.41) is 4.79. The maximum Gasteiger partial charge on any atom is 0.407 e. The topological polar surface area (TPSA) is 89.5 Å². The molecule has 0 bridgehead atoms. The monoisotopic (exact) mass is 449 g/mol. The molecule has 3 heterocycles. The lowest BCUT2D eigenvalue weighted by Gasteiger charge is -2.35. The van der Waals surface area contributed by atoms with Crippen molar-refractivity contribution < 1.29 is 14.3 Å². The Morgan fingerprint density at radius 2 is 1.88 bits per heavy atom. The maximum absolute atomic E-state index is 11.9. The highest BCUT2D eigenvalue weighted by atomic mass is 16.6. The molecule has 2 aromatic heterocycles. The van der Waals surface area contributed by atoms with Crippen molar-refractivity contribution in [2.75, 3.05) is 18.0 Å². The SMILES string of the molecule is C[C@@H]1CN(c2cncc(-c3ccc4cnc(CNC(=O)OC(C)(C)C)cc4c3)n2)C[C@H](C)O1. The van der Waals surface area contributed by atoms with Gasteiger partial charge in [-0.15, -0.1) is 0 Å². The van der Waals surface area contributed by atoms with E-state index in [-0.39, 0.29) is 18.8 Å². The fourth-order valence-corrected chi connectivity index (χ4v) is 3.93. The average molecular weight is 450 g/mol. The van der Waals surface area contributed by atoms with Crippen LogP contribution in [-0.2, 0) is 16.0 Å². The van der Waals surface area contributed by atoms with E-state index < -0.39 is 11.7 Å². The zero-order chi connectivity index (χ0) is 23.6. The van der Waals surface area contributed by atoms with E-state index >= 15 is 0 Å². The van der Waals surface area contributed by atoms with Crippen LogP contribution < -0.4 is 10.2 Å². The Morgan fingerprint density at radius 3 is 2.61 bits per heavy atom. The van der Waals surface area contributed by atoms with Gasteiger partial charge in [0, 0.05) is 30.2 Å². The Morgan fingerprint density at radius 1 is 1.12 bits per heavy atom. The summed E-state index contributed by atoms with van der Waals surface area (Å²) in [6.45, 7) is 11.5. The molecule has 2 atom stereocenters. The molecule has 4 rings (SSSR count). The standard InChI is InChI=1S/C25H31N5O3/c1-16-14-30(15-17(2)32-16)23-13-26-12-22(29-23)18-6-7-19-10-27-21(9-20(19)8-18)11-28-24(31)33-25(3,4)5/h6-10,12-13,16-17H,11,14-15H2,1-5H3,(H,28,31)/t16-,17+. The van der Waals surface area contributed by atoms with Crippen molar-refractivity contribution in [3.63, 3.8) is 0 Å². The van der Waals surface area contributed by atoms with Crippen molar-refractivity contribution in [1.29, 1.82) is 0 Å². The lowest BCUT2D eigenvalue weighted by atomic mass is 10.1. The van der Waals surface area contributed by atoms with Crippen LogP contribution in [0.1, 0.15) is 40.3 Å². The fourth-order valence-electron chi connectivity index (χ4n) is 3.93. The minimum Gasteiger partial charge on any atom is -0.444 e. The highest BCUT2D eigenvalue weighted by molar-refractivity contribution is 5.86. The molecule has 33 heavy (non-hydrogen) atoms. The number of morpholine rings is 1. The molecule has 1 fully saturated rings. The summed E-state index contributed by atoms with van der Waals surface area (Å²) in [6, 6.07) is 8.10. The Labute approximate surface area is 194 Å². The van der Waals surface area contributed by atoms with Gasteiger partial charge in [-0.3, -0.25) is 9.97 Å². The second-order valence-corrected chi connectivity index (χ2v) is 9.52. The van der Waals surface area contributed by atoms with Gasteiger partial charge in [0.1, 0.15) is 11.4 Å². The Bertz CT molecular complexity index is 1130. The van der Waals surface area contributed by atoms with Gasteiger partial charge in [-0.1, -0.05) is 12.1 Å². The van der Waals surface area contributed by atoms with E-state index in [9.17, 15) is 4.79 Å². The van der Waals surface area contributed by atoms with Crippen LogP contribution in [0.5, 0.6) is 0 Å². The van der Waals surface area contributed by atoms with Crippen molar-refractivity contribution in [1.82, 2.24) is 20.3 Å². The van der Waals surface area contributed by atoms with Gasteiger partial charge in [-0.2, -0.15) is 0 Å². The number of nitrogens with zero attached hydrogens (tertiary/aromatic N) is 4. The summed E-state index contributed by atoms with van der Waals surface area (Å²) >= 11 is 0. The van der Waals surface area contributed by atoms with E-state index in [0.717, 1.165) is 46.6 Å². The van der Waals surface area contributed by atoms with Crippen LogP contribution in [0, 0.1) is 0 Å². The number of aromatic nitrogens is 3. The molecule has 174 valence electrons. The second-order valence-electron chi connectivity index (χ2n) is 9.52. The van der Waals surface area contributed by atoms with Gasteiger partial charge in [-0.25, -0.2) is 9.78 Å². The third kappa shape index (κ3) is 5.96. The van der Waals surface area contributed by atoms with Gasteiger partial charge >= 0.3 is 6.09 Å². The number of rotatable bonds is 4. The number of benzene rings is 1. The Kier molecular flexibility index (Phi) is 6.47. The minimum atomic E-state index is -0.539. The zero-order valence-electron chi connectivity index (χ0n) is 19.8. The van der Waals surface area contributed by atoms with E-state index in [1.54, 1.807) is 12.4 Å². The zero-order valence-corrected chi connectivity index (χ0v) is 19.8. The molecule has 1 N–H and O–H groups in total. The summed E-state index contributed by atoms with van der Waals surface area (Å²) in [6.07, 6.45) is 5.24. The highest BCUT2D eigenvalue weighted by Gasteiger charge is 2.23. The van der Waals surface area contributed by atoms with Crippen LogP contribution in [-0.4, -0.2) is 51.9 Å². The molecule has 8 nitrogen and oxygen atoms in total. The first-order valence-corrected chi connectivity index (χ1v) is 11.2. The molecule has 1 aliphatic heterocycles. The normalized spacial score (nSPS) is 18.9. The summed E-state index contributed by atoms with van der Waals surface area (Å²) in [5.74, 6) is 0.853. The fraction of sp³-hybridized carbons (Fsp3) is 0.440. The number of pyridine rings is 1. The molecule has 1 aromatic carbocycles. The summed E-state index contributed by atoms with van der Waals surface area (Å²) in [5.41, 5.74) is 2.00. The first-order valence-electron chi connectivity index (χ1n) is 11.2. The Balaban J connectivity index is 1.53. The van der Waals surface area contributed by atoms with Crippen LogP contribution in [0.2, 0.25) is 0 Å². The lowest BCUT2D eigenvalue weighted by Crippen LogP contribution is -2.45. The number of fused-ring (bicyclic) bond motifs is 1. The number of alkyl carbamates (subject to hydrolysis) is 1. The predicted octanol–water partition coefficient (Wildman–Crippen LogP) is 4.33. The van der Waals surface area contributed by atoms with Gasteiger partial charge in [0.2, 0.25) is 0 Å². The number of nitrogens with one attached hydrogen (secondary N) is 1. The molecule has 0 spiro atoms. The van der Waals surface area contributed by atoms with Crippen molar-refractivity contribution in [3.8, 4) is 11.3 Å². The third-order valence-corrected chi connectivity index (χ3v) is 5.25. The quantitative estimate of drug-likeness (QED) is 0.634. The molecule has 0 saturated carbocycles. The molecule has 0 aliphatic carbocycles. The number of carbonyl (C=O) groups excluding carboxylic acids is 1. The van der Waals surface area contributed by atoms with Gasteiger partial charge in [0.05, 0.1) is 42.5 Å². The minimum absolute atomic E-state index is 0.153. The average Bonchev–Trinajstić information content (AvgIpc) is 2.75. The van der Waals surface area contributed by atoms with Crippen LogP contribution in [0.4, 0.5) is 10.6 Å². The molecular formula is C25H31N5O3. The molecule has 0 unspecified atom stereocenters. The molecule has 0 radical (unpaired) electrons. The van der Waals surface area contributed by atoms with Crippen LogP contribution in [0.25, 0.3) is 22.0 Å². The predicted molar refractivity (Wildman–Crippen MR) is 128 cm³/mol. The summed E-state index contributed by atoms with van der Waals surface area (Å²) in [4.78, 5) is 27.9. The van der Waals surface area contributed by atoms with E-state index in [1.165, 1.54) is 0 Å². The van der Waals surface area contributed by atoms with Gasteiger partial charge in [0.15, 0.2) is 0 Å².